The Hall–Kier alpha value is -2.33. The maximum Gasteiger partial charge on any atom is 0.119 e. The molecule has 0 aliphatic rings. The summed E-state index contributed by atoms with van der Waals surface area (Å²) in [5.74, 6) is 1.90. The molecule has 4 nitrogen and oxygen atoms in total. The molecule has 0 saturated carbocycles. The summed E-state index contributed by atoms with van der Waals surface area (Å²) in [5.41, 5.74) is 8.97. The van der Waals surface area contributed by atoms with E-state index >= 15 is 0 Å². The van der Waals surface area contributed by atoms with E-state index in [0.717, 1.165) is 34.6 Å². The molecule has 0 aliphatic heterocycles. The lowest BCUT2D eigenvalue weighted by Gasteiger charge is -2.06. The van der Waals surface area contributed by atoms with Crippen LogP contribution in [-0.2, 0) is 20.0 Å². The smallest absolute Gasteiger partial charge is 0.119 e. The molecule has 0 amide bonds. The van der Waals surface area contributed by atoms with Crippen LogP contribution < -0.4 is 10.5 Å². The number of fused-ring (bicyclic) bond motifs is 1. The number of rotatable bonds is 5. The number of hydrogen-bond acceptors (Lipinski definition) is 3. The summed E-state index contributed by atoms with van der Waals surface area (Å²) in [6, 6.07) is 16.0. The van der Waals surface area contributed by atoms with Crippen molar-refractivity contribution < 1.29 is 4.74 Å². The Balaban J connectivity index is 1.77. The SMILES string of the molecule is Cn1c(CCOc2ccccc2)nc2c(CN)cccc21. The molecular formula is C17H19N3O. The molecule has 0 atom stereocenters. The standard InChI is InChI=1S/C17H19N3O/c1-20-15-9-5-6-13(12-18)17(15)19-16(20)10-11-21-14-7-3-2-4-8-14/h2-9H,10-12,18H2,1H3. The average Bonchev–Trinajstić information content (AvgIpc) is 2.85. The first-order chi connectivity index (χ1) is 10.3. The van der Waals surface area contributed by atoms with Gasteiger partial charge in [0.2, 0.25) is 0 Å². The monoisotopic (exact) mass is 281 g/mol. The van der Waals surface area contributed by atoms with Crippen LogP contribution in [0.15, 0.2) is 48.5 Å². The first-order valence-electron chi connectivity index (χ1n) is 7.10. The van der Waals surface area contributed by atoms with Crippen LogP contribution in [0.5, 0.6) is 5.75 Å². The van der Waals surface area contributed by atoms with Gasteiger partial charge in [-0.05, 0) is 23.8 Å². The highest BCUT2D eigenvalue weighted by atomic mass is 16.5. The average molecular weight is 281 g/mol. The summed E-state index contributed by atoms with van der Waals surface area (Å²) in [5, 5.41) is 0. The highest BCUT2D eigenvalue weighted by molar-refractivity contribution is 5.79. The van der Waals surface area contributed by atoms with Crippen molar-refractivity contribution in [1.29, 1.82) is 0 Å². The number of ether oxygens (including phenoxy) is 1. The fourth-order valence-electron chi connectivity index (χ4n) is 2.49. The molecule has 21 heavy (non-hydrogen) atoms. The van der Waals surface area contributed by atoms with Gasteiger partial charge in [0.15, 0.2) is 0 Å². The lowest BCUT2D eigenvalue weighted by atomic mass is 10.2. The number of aryl methyl sites for hydroxylation is 1. The first-order valence-corrected chi connectivity index (χ1v) is 7.10. The van der Waals surface area contributed by atoms with Crippen LogP contribution in [0.25, 0.3) is 11.0 Å². The summed E-state index contributed by atoms with van der Waals surface area (Å²) in [7, 11) is 2.04. The molecule has 0 saturated heterocycles. The Kier molecular flexibility index (Phi) is 3.88. The molecule has 0 aliphatic carbocycles. The van der Waals surface area contributed by atoms with E-state index in [4.69, 9.17) is 15.5 Å². The molecule has 108 valence electrons. The zero-order valence-corrected chi connectivity index (χ0v) is 12.1. The number of para-hydroxylation sites is 2. The Morgan fingerprint density at radius 2 is 1.90 bits per heavy atom. The van der Waals surface area contributed by atoms with Crippen LogP contribution in [0.1, 0.15) is 11.4 Å². The van der Waals surface area contributed by atoms with Gasteiger partial charge in [-0.1, -0.05) is 30.3 Å². The summed E-state index contributed by atoms with van der Waals surface area (Å²) < 4.78 is 7.85. The predicted octanol–water partition coefficient (Wildman–Crippen LogP) is 2.65. The molecule has 0 fully saturated rings. The van der Waals surface area contributed by atoms with Gasteiger partial charge in [-0.3, -0.25) is 0 Å². The second-order valence-corrected chi connectivity index (χ2v) is 4.99. The summed E-state index contributed by atoms with van der Waals surface area (Å²) in [4.78, 5) is 4.72. The van der Waals surface area contributed by atoms with Crippen molar-refractivity contribution >= 4 is 11.0 Å². The molecule has 0 spiro atoms. The third-order valence-corrected chi connectivity index (χ3v) is 3.65. The number of imidazole rings is 1. The van der Waals surface area contributed by atoms with Gasteiger partial charge >= 0.3 is 0 Å². The van der Waals surface area contributed by atoms with Gasteiger partial charge in [-0.2, -0.15) is 0 Å². The largest absolute Gasteiger partial charge is 0.493 e. The minimum Gasteiger partial charge on any atom is -0.493 e. The Labute approximate surface area is 124 Å². The zero-order chi connectivity index (χ0) is 14.7. The van der Waals surface area contributed by atoms with E-state index in [1.807, 2.05) is 49.5 Å². The van der Waals surface area contributed by atoms with Gasteiger partial charge in [0.05, 0.1) is 17.6 Å². The lowest BCUT2D eigenvalue weighted by molar-refractivity contribution is 0.318. The van der Waals surface area contributed by atoms with E-state index in [9.17, 15) is 0 Å². The predicted molar refractivity (Wildman–Crippen MR) is 84.2 cm³/mol. The van der Waals surface area contributed by atoms with Crippen molar-refractivity contribution in [3.63, 3.8) is 0 Å². The summed E-state index contributed by atoms with van der Waals surface area (Å²) in [6.45, 7) is 1.12. The second-order valence-electron chi connectivity index (χ2n) is 4.99. The number of nitrogens with zero attached hydrogens (tertiary/aromatic N) is 2. The molecule has 4 heteroatoms. The van der Waals surface area contributed by atoms with E-state index in [2.05, 4.69) is 10.6 Å². The number of benzene rings is 2. The summed E-state index contributed by atoms with van der Waals surface area (Å²) >= 11 is 0. The molecule has 0 bridgehead atoms. The van der Waals surface area contributed by atoms with E-state index in [0.29, 0.717) is 13.2 Å². The molecule has 2 N–H and O–H groups in total. The van der Waals surface area contributed by atoms with E-state index in [-0.39, 0.29) is 0 Å². The van der Waals surface area contributed by atoms with Crippen LogP contribution in [0.4, 0.5) is 0 Å². The molecule has 0 unspecified atom stereocenters. The minimum absolute atomic E-state index is 0.508. The fraction of sp³-hybridized carbons (Fsp3) is 0.235. The Bertz CT molecular complexity index is 734. The van der Waals surface area contributed by atoms with Crippen molar-refractivity contribution in [3.05, 3.63) is 59.9 Å². The van der Waals surface area contributed by atoms with Gasteiger partial charge < -0.3 is 15.0 Å². The fourth-order valence-corrected chi connectivity index (χ4v) is 2.49. The highest BCUT2D eigenvalue weighted by Crippen LogP contribution is 2.19. The molecular weight excluding hydrogens is 262 g/mol. The Morgan fingerprint density at radius 1 is 1.10 bits per heavy atom. The van der Waals surface area contributed by atoms with Crippen LogP contribution in [0.3, 0.4) is 0 Å². The number of aromatic nitrogens is 2. The molecule has 0 radical (unpaired) electrons. The first kappa shape index (κ1) is 13.6. The van der Waals surface area contributed by atoms with Crippen LogP contribution >= 0.6 is 0 Å². The zero-order valence-electron chi connectivity index (χ0n) is 12.1. The van der Waals surface area contributed by atoms with Crippen molar-refractivity contribution in [2.75, 3.05) is 6.61 Å². The molecule has 3 rings (SSSR count). The maximum absolute atomic E-state index is 5.78. The third-order valence-electron chi connectivity index (χ3n) is 3.65. The van der Waals surface area contributed by atoms with Crippen LogP contribution in [0, 0.1) is 0 Å². The number of nitrogens with two attached hydrogens (primary N) is 1. The molecule has 3 aromatic rings. The minimum atomic E-state index is 0.508. The Morgan fingerprint density at radius 3 is 2.67 bits per heavy atom. The van der Waals surface area contributed by atoms with E-state index in [1.54, 1.807) is 0 Å². The lowest BCUT2D eigenvalue weighted by Crippen LogP contribution is -2.06. The van der Waals surface area contributed by atoms with Crippen molar-refractivity contribution in [1.82, 2.24) is 9.55 Å². The van der Waals surface area contributed by atoms with Crippen molar-refractivity contribution in [3.8, 4) is 5.75 Å². The van der Waals surface area contributed by atoms with Gasteiger partial charge in [-0.25, -0.2) is 4.98 Å². The topological polar surface area (TPSA) is 53.1 Å². The van der Waals surface area contributed by atoms with Crippen molar-refractivity contribution in [2.24, 2.45) is 12.8 Å². The normalized spacial score (nSPS) is 11.0. The highest BCUT2D eigenvalue weighted by Gasteiger charge is 2.10. The quantitative estimate of drug-likeness (QED) is 0.782. The van der Waals surface area contributed by atoms with Gasteiger partial charge in [0, 0.05) is 20.0 Å². The van der Waals surface area contributed by atoms with E-state index < -0.39 is 0 Å². The summed E-state index contributed by atoms with van der Waals surface area (Å²) in [6.07, 6.45) is 0.768. The van der Waals surface area contributed by atoms with E-state index in [1.165, 1.54) is 0 Å². The molecule has 1 aromatic heterocycles. The van der Waals surface area contributed by atoms with Gasteiger partial charge in [-0.15, -0.1) is 0 Å². The second kappa shape index (κ2) is 5.97. The maximum atomic E-state index is 5.78. The van der Waals surface area contributed by atoms with Crippen molar-refractivity contribution in [2.45, 2.75) is 13.0 Å². The number of hydrogen-bond donors (Lipinski definition) is 1. The van der Waals surface area contributed by atoms with Gasteiger partial charge in [0.1, 0.15) is 11.6 Å². The third kappa shape index (κ3) is 2.76. The molecule has 2 aromatic carbocycles. The van der Waals surface area contributed by atoms with Crippen LogP contribution in [-0.4, -0.2) is 16.2 Å². The van der Waals surface area contributed by atoms with Gasteiger partial charge in [0.25, 0.3) is 0 Å². The molecule has 1 heterocycles. The van der Waals surface area contributed by atoms with Crippen LogP contribution in [0.2, 0.25) is 0 Å².